The third-order valence-corrected chi connectivity index (χ3v) is 6.06. The number of aromatic nitrogens is 1. The summed E-state index contributed by atoms with van der Waals surface area (Å²) >= 11 is 8.62. The topological polar surface area (TPSA) is 71.1 Å². The smallest absolute Gasteiger partial charge is 0.256 e. The molecule has 0 radical (unpaired) electrons. The van der Waals surface area contributed by atoms with Crippen molar-refractivity contribution in [2.45, 2.75) is 16.3 Å². The second-order valence-corrected chi connectivity index (χ2v) is 8.31. The van der Waals surface area contributed by atoms with Gasteiger partial charge in [-0.3, -0.25) is 9.59 Å². The van der Waals surface area contributed by atoms with Gasteiger partial charge in [0.25, 0.3) is 11.8 Å². The third-order valence-electron chi connectivity index (χ3n) is 3.79. The normalized spacial score (nSPS) is 12.6. The summed E-state index contributed by atoms with van der Waals surface area (Å²) in [5, 5.41) is 5.72. The third kappa shape index (κ3) is 3.46. The SMILES string of the molecule is O=C(NCc1cnc(Cl)s1)c1ccc2c(c1)NC(=O)c1ccccc1S2. The zero-order chi connectivity index (χ0) is 18.1. The lowest BCUT2D eigenvalue weighted by Crippen LogP contribution is -2.22. The van der Waals surface area contributed by atoms with E-state index in [-0.39, 0.29) is 11.8 Å². The van der Waals surface area contributed by atoms with Crippen molar-refractivity contribution in [3.8, 4) is 0 Å². The molecule has 1 aliphatic rings. The molecule has 130 valence electrons. The summed E-state index contributed by atoms with van der Waals surface area (Å²) in [7, 11) is 0. The maximum absolute atomic E-state index is 12.4. The number of fused-ring (bicyclic) bond motifs is 2. The summed E-state index contributed by atoms with van der Waals surface area (Å²) < 4.78 is 0.443. The molecule has 0 spiro atoms. The number of hydrogen-bond acceptors (Lipinski definition) is 5. The number of nitrogens with one attached hydrogen (secondary N) is 2. The van der Waals surface area contributed by atoms with Crippen LogP contribution in [0.1, 0.15) is 25.6 Å². The molecule has 0 atom stereocenters. The van der Waals surface area contributed by atoms with Gasteiger partial charge in [0.1, 0.15) is 0 Å². The van der Waals surface area contributed by atoms with Crippen molar-refractivity contribution in [2.75, 3.05) is 5.32 Å². The molecule has 1 aromatic heterocycles. The molecule has 2 amide bonds. The first-order chi connectivity index (χ1) is 12.6. The molecule has 5 nitrogen and oxygen atoms in total. The Morgan fingerprint density at radius 3 is 2.85 bits per heavy atom. The molecule has 2 aromatic carbocycles. The molecule has 4 rings (SSSR count). The minimum Gasteiger partial charge on any atom is -0.347 e. The molecule has 0 aliphatic carbocycles. The first-order valence-corrected chi connectivity index (χ1v) is 9.72. The van der Waals surface area contributed by atoms with Gasteiger partial charge < -0.3 is 10.6 Å². The van der Waals surface area contributed by atoms with Crippen LogP contribution in [-0.4, -0.2) is 16.8 Å². The first kappa shape index (κ1) is 17.1. The van der Waals surface area contributed by atoms with Gasteiger partial charge in [0.15, 0.2) is 4.47 Å². The molecule has 2 N–H and O–H groups in total. The lowest BCUT2D eigenvalue weighted by atomic mass is 10.1. The zero-order valence-corrected chi connectivity index (χ0v) is 15.7. The molecule has 0 unspecified atom stereocenters. The molecule has 0 bridgehead atoms. The van der Waals surface area contributed by atoms with Crippen LogP contribution >= 0.6 is 34.7 Å². The standard InChI is InChI=1S/C18H12ClN3O2S2/c19-18-21-9-11(25-18)8-20-16(23)10-5-6-15-13(7-10)22-17(24)12-3-1-2-4-14(12)26-15/h1-7,9H,8H2,(H,20,23)(H,22,24). The minimum absolute atomic E-state index is 0.177. The summed E-state index contributed by atoms with van der Waals surface area (Å²) in [5.74, 6) is -0.401. The summed E-state index contributed by atoms with van der Waals surface area (Å²) in [6.45, 7) is 0.354. The van der Waals surface area contributed by atoms with Crippen molar-refractivity contribution in [1.82, 2.24) is 10.3 Å². The largest absolute Gasteiger partial charge is 0.347 e. The Labute approximate surface area is 162 Å². The van der Waals surface area contributed by atoms with Gasteiger partial charge in [-0.05, 0) is 30.3 Å². The maximum atomic E-state index is 12.4. The Hall–Kier alpha value is -2.35. The van der Waals surface area contributed by atoms with Crippen molar-refractivity contribution in [2.24, 2.45) is 0 Å². The lowest BCUT2D eigenvalue weighted by molar-refractivity contribution is 0.0949. The first-order valence-electron chi connectivity index (χ1n) is 7.71. The van der Waals surface area contributed by atoms with E-state index in [1.165, 1.54) is 23.1 Å². The van der Waals surface area contributed by atoms with Crippen LogP contribution in [0.3, 0.4) is 0 Å². The van der Waals surface area contributed by atoms with E-state index < -0.39 is 0 Å². The van der Waals surface area contributed by atoms with E-state index >= 15 is 0 Å². The van der Waals surface area contributed by atoms with Crippen LogP contribution in [0, 0.1) is 0 Å². The van der Waals surface area contributed by atoms with Crippen LogP contribution in [0.15, 0.2) is 58.5 Å². The second kappa shape index (κ2) is 7.11. The number of halogens is 1. The fourth-order valence-electron chi connectivity index (χ4n) is 2.54. The van der Waals surface area contributed by atoms with E-state index in [0.29, 0.717) is 27.8 Å². The van der Waals surface area contributed by atoms with Crippen molar-refractivity contribution in [1.29, 1.82) is 0 Å². The second-order valence-electron chi connectivity index (χ2n) is 5.53. The van der Waals surface area contributed by atoms with Gasteiger partial charge in [-0.15, -0.1) is 11.3 Å². The summed E-state index contributed by atoms with van der Waals surface area (Å²) in [5.41, 5.74) is 1.73. The Bertz CT molecular complexity index is 1020. The van der Waals surface area contributed by atoms with Crippen molar-refractivity contribution >= 4 is 52.2 Å². The molecule has 0 fully saturated rings. The number of amides is 2. The fraction of sp³-hybridized carbons (Fsp3) is 0.0556. The Kier molecular flexibility index (Phi) is 4.67. The van der Waals surface area contributed by atoms with Crippen LogP contribution < -0.4 is 10.6 Å². The average molecular weight is 402 g/mol. The van der Waals surface area contributed by atoms with Crippen molar-refractivity contribution in [3.05, 3.63) is 69.1 Å². The van der Waals surface area contributed by atoms with Gasteiger partial charge in [0.05, 0.1) is 17.8 Å². The van der Waals surface area contributed by atoms with Crippen LogP contribution in [-0.2, 0) is 6.54 Å². The summed E-state index contributed by atoms with van der Waals surface area (Å²) in [4.78, 5) is 31.4. The van der Waals surface area contributed by atoms with Gasteiger partial charge in [-0.1, -0.05) is 35.5 Å². The van der Waals surface area contributed by atoms with E-state index in [9.17, 15) is 9.59 Å². The highest BCUT2D eigenvalue weighted by Crippen LogP contribution is 2.38. The molecule has 0 saturated carbocycles. The van der Waals surface area contributed by atoms with E-state index in [0.717, 1.165) is 14.7 Å². The Morgan fingerprint density at radius 2 is 2.04 bits per heavy atom. The lowest BCUT2D eigenvalue weighted by Gasteiger charge is -2.09. The van der Waals surface area contributed by atoms with Gasteiger partial charge in [0.2, 0.25) is 0 Å². The highest BCUT2D eigenvalue weighted by molar-refractivity contribution is 7.99. The monoisotopic (exact) mass is 401 g/mol. The number of benzene rings is 2. The zero-order valence-electron chi connectivity index (χ0n) is 13.3. The van der Waals surface area contributed by atoms with Crippen LogP contribution in [0.25, 0.3) is 0 Å². The van der Waals surface area contributed by atoms with E-state index in [4.69, 9.17) is 11.6 Å². The summed E-state index contributed by atoms with van der Waals surface area (Å²) in [6.07, 6.45) is 1.64. The number of thiazole rings is 1. The quantitative estimate of drug-likeness (QED) is 0.680. The number of anilines is 1. The molecule has 1 aliphatic heterocycles. The Balaban J connectivity index is 1.55. The van der Waals surface area contributed by atoms with Gasteiger partial charge in [-0.25, -0.2) is 4.98 Å². The molecular formula is C18H12ClN3O2S2. The highest BCUT2D eigenvalue weighted by Gasteiger charge is 2.20. The molecule has 0 saturated heterocycles. The van der Waals surface area contributed by atoms with Crippen LogP contribution in [0.4, 0.5) is 5.69 Å². The number of hydrogen-bond donors (Lipinski definition) is 2. The minimum atomic E-state index is -0.224. The van der Waals surface area contributed by atoms with Gasteiger partial charge in [-0.2, -0.15) is 0 Å². The fourth-order valence-corrected chi connectivity index (χ4v) is 4.47. The van der Waals surface area contributed by atoms with Gasteiger partial charge >= 0.3 is 0 Å². The van der Waals surface area contributed by atoms with E-state index in [1.54, 1.807) is 24.4 Å². The van der Waals surface area contributed by atoms with Crippen molar-refractivity contribution < 1.29 is 9.59 Å². The molecule has 26 heavy (non-hydrogen) atoms. The van der Waals surface area contributed by atoms with Gasteiger partial charge in [0, 0.05) is 26.4 Å². The average Bonchev–Trinajstić information content (AvgIpc) is 3.00. The van der Waals surface area contributed by atoms with Crippen LogP contribution in [0.2, 0.25) is 4.47 Å². The predicted molar refractivity (Wildman–Crippen MR) is 103 cm³/mol. The number of rotatable bonds is 3. The number of carbonyl (C=O) groups excluding carboxylic acids is 2. The number of carbonyl (C=O) groups is 2. The summed E-state index contributed by atoms with van der Waals surface area (Å²) in [6, 6.07) is 12.7. The number of nitrogens with zero attached hydrogens (tertiary/aromatic N) is 1. The maximum Gasteiger partial charge on any atom is 0.256 e. The highest BCUT2D eigenvalue weighted by atomic mass is 35.5. The Morgan fingerprint density at radius 1 is 1.19 bits per heavy atom. The predicted octanol–water partition coefficient (Wildman–Crippen LogP) is 4.44. The molecule has 8 heteroatoms. The molecular weight excluding hydrogens is 390 g/mol. The molecule has 3 aromatic rings. The molecule has 2 heterocycles. The van der Waals surface area contributed by atoms with E-state index in [2.05, 4.69) is 15.6 Å². The van der Waals surface area contributed by atoms with Crippen LogP contribution in [0.5, 0.6) is 0 Å². The van der Waals surface area contributed by atoms with E-state index in [1.807, 2.05) is 24.3 Å². The van der Waals surface area contributed by atoms with Crippen molar-refractivity contribution in [3.63, 3.8) is 0 Å².